The van der Waals surface area contributed by atoms with Crippen molar-refractivity contribution in [3.05, 3.63) is 48.3 Å². The van der Waals surface area contributed by atoms with Gasteiger partial charge in [0.1, 0.15) is 11.0 Å². The first-order valence-corrected chi connectivity index (χ1v) is 8.87. The summed E-state index contributed by atoms with van der Waals surface area (Å²) in [5.41, 5.74) is 3.01. The van der Waals surface area contributed by atoms with E-state index in [1.807, 2.05) is 30.5 Å². The van der Waals surface area contributed by atoms with E-state index in [0.717, 1.165) is 18.7 Å². The minimum atomic E-state index is -0.285. The third kappa shape index (κ3) is 4.04. The van der Waals surface area contributed by atoms with Crippen molar-refractivity contribution in [2.24, 2.45) is 0 Å². The summed E-state index contributed by atoms with van der Waals surface area (Å²) in [6.45, 7) is 3.49. The van der Waals surface area contributed by atoms with Gasteiger partial charge in [0.2, 0.25) is 0 Å². The van der Waals surface area contributed by atoms with Crippen LogP contribution < -0.4 is 10.6 Å². The van der Waals surface area contributed by atoms with Gasteiger partial charge in [0, 0.05) is 32.0 Å². The number of carbonyl (C=O) groups excluding carboxylic acids is 1. The first-order chi connectivity index (χ1) is 13.3. The highest BCUT2D eigenvalue weighted by Crippen LogP contribution is 2.21. The number of ether oxygens (including phenoxy) is 1. The zero-order chi connectivity index (χ0) is 18.5. The molecule has 1 aromatic carbocycles. The zero-order valence-corrected chi connectivity index (χ0v) is 14.8. The Morgan fingerprint density at radius 3 is 2.93 bits per heavy atom. The van der Waals surface area contributed by atoms with Crippen LogP contribution in [0.5, 0.6) is 0 Å². The highest BCUT2D eigenvalue weighted by molar-refractivity contribution is 5.98. The van der Waals surface area contributed by atoms with Gasteiger partial charge in [0.25, 0.3) is 0 Å². The molecule has 4 rings (SSSR count). The molecule has 2 aromatic heterocycles. The predicted octanol–water partition coefficient (Wildman–Crippen LogP) is 1.55. The van der Waals surface area contributed by atoms with Gasteiger partial charge in [-0.2, -0.15) is 15.4 Å². The van der Waals surface area contributed by atoms with Gasteiger partial charge in [0.15, 0.2) is 0 Å². The van der Waals surface area contributed by atoms with Crippen molar-refractivity contribution >= 4 is 22.8 Å². The van der Waals surface area contributed by atoms with Crippen LogP contribution in [0, 0.1) is 0 Å². The van der Waals surface area contributed by atoms with Crippen molar-refractivity contribution in [2.75, 3.05) is 38.2 Å². The molecule has 1 unspecified atom stereocenters. The molecule has 1 aliphatic rings. The van der Waals surface area contributed by atoms with E-state index in [0.29, 0.717) is 36.5 Å². The molecule has 9 nitrogen and oxygen atoms in total. The number of benzene rings is 1. The molecule has 0 bridgehead atoms. The SMILES string of the molecule is O=C(NCC(c1cccnc1)N1CCOCC1)Nc1cccc2n[nH]nc12. The Hall–Kier alpha value is -3.04. The summed E-state index contributed by atoms with van der Waals surface area (Å²) in [6, 6.07) is 9.15. The number of hydrogen-bond acceptors (Lipinski definition) is 6. The quantitative estimate of drug-likeness (QED) is 0.631. The van der Waals surface area contributed by atoms with Crippen LogP contribution >= 0.6 is 0 Å². The van der Waals surface area contributed by atoms with Crippen LogP contribution in [0.25, 0.3) is 11.0 Å². The van der Waals surface area contributed by atoms with Gasteiger partial charge in [-0.25, -0.2) is 4.79 Å². The third-order valence-electron chi connectivity index (χ3n) is 4.61. The molecule has 1 aliphatic heterocycles. The molecule has 2 amide bonds. The van der Waals surface area contributed by atoms with Gasteiger partial charge in [-0.05, 0) is 23.8 Å². The van der Waals surface area contributed by atoms with Crippen molar-refractivity contribution in [1.29, 1.82) is 0 Å². The first kappa shape index (κ1) is 17.4. The number of carbonyl (C=O) groups is 1. The Morgan fingerprint density at radius 2 is 2.11 bits per heavy atom. The molecule has 3 N–H and O–H groups in total. The van der Waals surface area contributed by atoms with Crippen LogP contribution in [0.1, 0.15) is 11.6 Å². The highest BCUT2D eigenvalue weighted by atomic mass is 16.5. The summed E-state index contributed by atoms with van der Waals surface area (Å²) < 4.78 is 5.45. The van der Waals surface area contributed by atoms with Gasteiger partial charge in [0.05, 0.1) is 24.9 Å². The van der Waals surface area contributed by atoms with E-state index in [2.05, 4.69) is 35.9 Å². The molecule has 0 aliphatic carbocycles. The van der Waals surface area contributed by atoms with Crippen LogP contribution in [0.15, 0.2) is 42.7 Å². The molecule has 1 atom stereocenters. The highest BCUT2D eigenvalue weighted by Gasteiger charge is 2.23. The average molecular weight is 367 g/mol. The van der Waals surface area contributed by atoms with Gasteiger partial charge in [-0.3, -0.25) is 9.88 Å². The summed E-state index contributed by atoms with van der Waals surface area (Å²) >= 11 is 0. The fraction of sp³-hybridized carbons (Fsp3) is 0.333. The van der Waals surface area contributed by atoms with E-state index in [1.54, 1.807) is 12.3 Å². The van der Waals surface area contributed by atoms with Crippen LogP contribution in [-0.4, -0.2) is 64.2 Å². The summed E-state index contributed by atoms with van der Waals surface area (Å²) in [5, 5.41) is 16.5. The van der Waals surface area contributed by atoms with Crippen molar-refractivity contribution in [1.82, 2.24) is 30.6 Å². The maximum Gasteiger partial charge on any atom is 0.319 e. The van der Waals surface area contributed by atoms with Crippen LogP contribution in [-0.2, 0) is 4.74 Å². The van der Waals surface area contributed by atoms with Crippen molar-refractivity contribution in [3.63, 3.8) is 0 Å². The molecule has 0 saturated carbocycles. The Kier molecular flexibility index (Phi) is 5.22. The van der Waals surface area contributed by atoms with E-state index in [9.17, 15) is 4.79 Å². The second-order valence-electron chi connectivity index (χ2n) is 6.28. The lowest BCUT2D eigenvalue weighted by Gasteiger charge is -2.34. The topological polar surface area (TPSA) is 108 Å². The fourth-order valence-electron chi connectivity index (χ4n) is 3.24. The zero-order valence-electron chi connectivity index (χ0n) is 14.8. The molecule has 140 valence electrons. The molecular formula is C18H21N7O2. The maximum absolute atomic E-state index is 12.5. The Balaban J connectivity index is 1.44. The van der Waals surface area contributed by atoms with E-state index < -0.39 is 0 Å². The average Bonchev–Trinajstić information content (AvgIpc) is 3.20. The summed E-state index contributed by atoms with van der Waals surface area (Å²) in [7, 11) is 0. The number of rotatable bonds is 5. The number of pyridine rings is 1. The number of morpholine rings is 1. The lowest BCUT2D eigenvalue weighted by atomic mass is 10.1. The number of H-pyrrole nitrogens is 1. The van der Waals surface area contributed by atoms with Gasteiger partial charge < -0.3 is 15.4 Å². The van der Waals surface area contributed by atoms with E-state index in [1.165, 1.54) is 0 Å². The summed E-state index contributed by atoms with van der Waals surface area (Å²) in [4.78, 5) is 19.0. The second kappa shape index (κ2) is 8.11. The molecule has 0 radical (unpaired) electrons. The number of anilines is 1. The molecule has 9 heteroatoms. The Morgan fingerprint density at radius 1 is 1.22 bits per heavy atom. The van der Waals surface area contributed by atoms with E-state index >= 15 is 0 Å². The van der Waals surface area contributed by atoms with Gasteiger partial charge >= 0.3 is 6.03 Å². The predicted molar refractivity (Wildman–Crippen MR) is 100 cm³/mol. The number of aromatic nitrogens is 4. The third-order valence-corrected chi connectivity index (χ3v) is 4.61. The fourth-order valence-corrected chi connectivity index (χ4v) is 3.24. The molecule has 1 saturated heterocycles. The normalized spacial score (nSPS) is 16.1. The molecule has 0 spiro atoms. The molecular weight excluding hydrogens is 346 g/mol. The number of hydrogen-bond donors (Lipinski definition) is 3. The van der Waals surface area contributed by atoms with Crippen LogP contribution in [0.4, 0.5) is 10.5 Å². The monoisotopic (exact) mass is 367 g/mol. The number of fused-ring (bicyclic) bond motifs is 1. The standard InChI is InChI=1S/C18H21N7O2/c26-18(21-14-4-1-5-15-17(14)23-24-22-15)20-12-16(13-3-2-6-19-11-13)25-7-9-27-10-8-25/h1-6,11,16H,7-10,12H2,(H2,20,21,26)(H,22,23,24). The van der Waals surface area contributed by atoms with E-state index in [-0.39, 0.29) is 12.1 Å². The van der Waals surface area contributed by atoms with Crippen LogP contribution in [0.2, 0.25) is 0 Å². The Bertz CT molecular complexity index is 893. The maximum atomic E-state index is 12.5. The lowest BCUT2D eigenvalue weighted by molar-refractivity contribution is 0.0167. The Labute approximate surface area is 156 Å². The largest absolute Gasteiger partial charge is 0.379 e. The van der Waals surface area contributed by atoms with Crippen molar-refractivity contribution < 1.29 is 9.53 Å². The van der Waals surface area contributed by atoms with Gasteiger partial charge in [-0.1, -0.05) is 12.1 Å². The van der Waals surface area contributed by atoms with Crippen molar-refractivity contribution in [3.8, 4) is 0 Å². The number of nitrogens with zero attached hydrogens (tertiary/aromatic N) is 4. The number of para-hydroxylation sites is 1. The second-order valence-corrected chi connectivity index (χ2v) is 6.28. The molecule has 1 fully saturated rings. The van der Waals surface area contributed by atoms with E-state index in [4.69, 9.17) is 4.74 Å². The molecule has 27 heavy (non-hydrogen) atoms. The van der Waals surface area contributed by atoms with Crippen molar-refractivity contribution in [2.45, 2.75) is 6.04 Å². The number of aromatic amines is 1. The van der Waals surface area contributed by atoms with Crippen LogP contribution in [0.3, 0.4) is 0 Å². The summed E-state index contributed by atoms with van der Waals surface area (Å²) in [5.74, 6) is 0. The lowest BCUT2D eigenvalue weighted by Crippen LogP contribution is -2.44. The number of urea groups is 1. The number of amides is 2. The smallest absolute Gasteiger partial charge is 0.319 e. The minimum Gasteiger partial charge on any atom is -0.379 e. The summed E-state index contributed by atoms with van der Waals surface area (Å²) in [6.07, 6.45) is 3.59. The molecule has 3 aromatic rings. The minimum absolute atomic E-state index is 0.0381. The first-order valence-electron chi connectivity index (χ1n) is 8.87. The van der Waals surface area contributed by atoms with Gasteiger partial charge in [-0.15, -0.1) is 0 Å². The molecule has 3 heterocycles. The number of nitrogens with one attached hydrogen (secondary N) is 3.